The van der Waals surface area contributed by atoms with Crippen molar-refractivity contribution in [3.63, 3.8) is 0 Å². The molecule has 8 heteroatoms. The van der Waals surface area contributed by atoms with E-state index in [-0.39, 0.29) is 21.5 Å². The van der Waals surface area contributed by atoms with Crippen molar-refractivity contribution in [1.29, 1.82) is 0 Å². The lowest BCUT2D eigenvalue weighted by atomic mass is 10.1. The molecule has 0 unspecified atom stereocenters. The molecule has 0 radical (unpaired) electrons. The number of hydrogen-bond acceptors (Lipinski definition) is 3. The molecule has 0 saturated heterocycles. The van der Waals surface area contributed by atoms with Crippen LogP contribution in [0.15, 0.2) is 22.9 Å². The number of aromatic nitrogens is 3. The van der Waals surface area contributed by atoms with Crippen LogP contribution in [0.3, 0.4) is 0 Å². The van der Waals surface area contributed by atoms with E-state index in [0.29, 0.717) is 0 Å². The van der Waals surface area contributed by atoms with Crippen LogP contribution in [-0.4, -0.2) is 14.8 Å². The highest BCUT2D eigenvalue weighted by Gasteiger charge is 2.35. The smallest absolute Gasteiger partial charge is 0.383 e. The second-order valence-corrected chi connectivity index (χ2v) is 4.51. The monoisotopic (exact) mass is 350 g/mol. The van der Waals surface area contributed by atoms with Gasteiger partial charge in [-0.05, 0) is 22.0 Å². The van der Waals surface area contributed by atoms with Crippen LogP contribution in [0.1, 0.15) is 19.4 Å². The van der Waals surface area contributed by atoms with Crippen LogP contribution in [0.5, 0.6) is 0 Å². The zero-order chi connectivity index (χ0) is 15.5. The highest BCUT2D eigenvalue weighted by atomic mass is 79.9. The largest absolute Gasteiger partial charge is 0.418 e. The highest BCUT2D eigenvalue weighted by Crippen LogP contribution is 2.38. The summed E-state index contributed by atoms with van der Waals surface area (Å²) in [6, 6.07) is 0.921. The number of nitrogen functional groups attached to an aromatic ring is 1. The van der Waals surface area contributed by atoms with E-state index in [1.54, 1.807) is 7.05 Å². The minimum Gasteiger partial charge on any atom is -0.383 e. The summed E-state index contributed by atoms with van der Waals surface area (Å²) in [5.41, 5.74) is 4.72. The minimum atomic E-state index is -4.51. The summed E-state index contributed by atoms with van der Waals surface area (Å²) in [6.45, 7) is 4.00. The Hall–Kier alpha value is -1.57. The van der Waals surface area contributed by atoms with Gasteiger partial charge < -0.3 is 5.73 Å². The van der Waals surface area contributed by atoms with Crippen LogP contribution in [-0.2, 0) is 13.2 Å². The average Bonchev–Trinajstić information content (AvgIpc) is 2.80. The molecule has 2 aromatic rings. The van der Waals surface area contributed by atoms with Crippen molar-refractivity contribution in [1.82, 2.24) is 14.8 Å². The van der Waals surface area contributed by atoms with Gasteiger partial charge in [-0.1, -0.05) is 13.8 Å². The number of aryl methyl sites for hydroxylation is 1. The predicted octanol–water partition coefficient (Wildman–Crippen LogP) is 3.87. The number of halogens is 4. The Labute approximate surface area is 122 Å². The van der Waals surface area contributed by atoms with Gasteiger partial charge in [0.05, 0.1) is 21.9 Å². The molecule has 20 heavy (non-hydrogen) atoms. The zero-order valence-electron chi connectivity index (χ0n) is 11.2. The Kier molecular flexibility index (Phi) is 5.15. The van der Waals surface area contributed by atoms with Gasteiger partial charge in [-0.15, -0.1) is 0 Å². The maximum Gasteiger partial charge on any atom is 0.418 e. The van der Waals surface area contributed by atoms with Gasteiger partial charge in [-0.2, -0.15) is 18.3 Å². The second kappa shape index (κ2) is 6.25. The van der Waals surface area contributed by atoms with Crippen molar-refractivity contribution >= 4 is 21.7 Å². The van der Waals surface area contributed by atoms with Crippen molar-refractivity contribution in [2.45, 2.75) is 20.0 Å². The molecule has 0 fully saturated rings. The molecule has 0 aliphatic rings. The first-order valence-corrected chi connectivity index (χ1v) is 6.60. The molecule has 2 heterocycles. The Morgan fingerprint density at radius 1 is 1.30 bits per heavy atom. The number of alkyl halides is 3. The summed E-state index contributed by atoms with van der Waals surface area (Å²) in [7, 11) is 1.61. The van der Waals surface area contributed by atoms with Crippen molar-refractivity contribution < 1.29 is 13.2 Å². The third kappa shape index (κ3) is 3.50. The van der Waals surface area contributed by atoms with E-state index < -0.39 is 11.7 Å². The molecule has 0 bridgehead atoms. The van der Waals surface area contributed by atoms with Gasteiger partial charge in [0, 0.05) is 18.8 Å². The number of anilines is 1. The maximum atomic E-state index is 12.9. The minimum absolute atomic E-state index is 0.00172. The molecule has 2 rings (SSSR count). The summed E-state index contributed by atoms with van der Waals surface area (Å²) >= 11 is 2.94. The third-order valence-electron chi connectivity index (χ3n) is 2.29. The van der Waals surface area contributed by atoms with E-state index in [4.69, 9.17) is 5.73 Å². The van der Waals surface area contributed by atoms with Crippen LogP contribution < -0.4 is 5.73 Å². The van der Waals surface area contributed by atoms with E-state index in [9.17, 15) is 13.2 Å². The highest BCUT2D eigenvalue weighted by molar-refractivity contribution is 9.10. The predicted molar refractivity (Wildman–Crippen MR) is 74.9 cm³/mol. The third-order valence-corrected chi connectivity index (χ3v) is 2.92. The number of rotatable bonds is 1. The van der Waals surface area contributed by atoms with Crippen molar-refractivity contribution in [3.05, 3.63) is 28.5 Å². The van der Waals surface area contributed by atoms with E-state index in [2.05, 4.69) is 26.0 Å². The Morgan fingerprint density at radius 2 is 1.90 bits per heavy atom. The molecular formula is C12H14BrF3N4. The van der Waals surface area contributed by atoms with Gasteiger partial charge in [-0.3, -0.25) is 4.68 Å². The summed E-state index contributed by atoms with van der Waals surface area (Å²) in [4.78, 5) is 3.78. The number of hydrogen-bond donors (Lipinski definition) is 1. The van der Waals surface area contributed by atoms with Crippen molar-refractivity contribution in [2.24, 2.45) is 7.05 Å². The van der Waals surface area contributed by atoms with E-state index >= 15 is 0 Å². The molecule has 2 N–H and O–H groups in total. The van der Waals surface area contributed by atoms with Crippen LogP contribution in [0.2, 0.25) is 0 Å². The van der Waals surface area contributed by atoms with Gasteiger partial charge in [0.25, 0.3) is 0 Å². The molecule has 0 amide bonds. The molecular weight excluding hydrogens is 337 g/mol. The van der Waals surface area contributed by atoms with Gasteiger partial charge >= 0.3 is 6.18 Å². The summed E-state index contributed by atoms with van der Waals surface area (Å²) in [6.07, 6.45) is -1.75. The number of nitrogens with zero attached hydrogens (tertiary/aromatic N) is 3. The fourth-order valence-corrected chi connectivity index (χ4v) is 1.80. The lowest BCUT2D eigenvalue weighted by Crippen LogP contribution is -2.10. The average molecular weight is 351 g/mol. The fourth-order valence-electron chi connectivity index (χ4n) is 1.48. The second-order valence-electron chi connectivity index (χ2n) is 3.65. The quantitative estimate of drug-likeness (QED) is 0.849. The SMILES string of the molecule is CC.Cn1cc(-c2nc(N)c(Br)cc2C(F)(F)F)cn1. The summed E-state index contributed by atoms with van der Waals surface area (Å²) < 4.78 is 40.3. The first-order valence-electron chi connectivity index (χ1n) is 5.81. The van der Waals surface area contributed by atoms with Crippen molar-refractivity contribution in [2.75, 3.05) is 5.73 Å². The lowest BCUT2D eigenvalue weighted by Gasteiger charge is -2.12. The van der Waals surface area contributed by atoms with Gasteiger partial charge in [0.1, 0.15) is 5.82 Å². The Morgan fingerprint density at radius 3 is 2.35 bits per heavy atom. The van der Waals surface area contributed by atoms with E-state index in [1.165, 1.54) is 17.1 Å². The standard InChI is InChI=1S/C10H8BrF3N4.C2H6/c1-18-4-5(3-16-18)8-6(10(12,13)14)2-7(11)9(15)17-8;1-2/h2-4H,1H3,(H2,15,17);1-2H3. The topological polar surface area (TPSA) is 56.7 Å². The molecule has 0 aliphatic heterocycles. The molecule has 0 spiro atoms. The molecule has 2 aromatic heterocycles. The molecule has 0 atom stereocenters. The zero-order valence-corrected chi connectivity index (χ0v) is 12.7. The summed E-state index contributed by atoms with van der Waals surface area (Å²) in [5.74, 6) is 0.00172. The fraction of sp³-hybridized carbons (Fsp3) is 0.333. The molecule has 0 aromatic carbocycles. The van der Waals surface area contributed by atoms with E-state index in [0.717, 1.165) is 6.07 Å². The first kappa shape index (κ1) is 16.5. The van der Waals surface area contributed by atoms with Gasteiger partial charge in [0.2, 0.25) is 0 Å². The number of nitrogens with two attached hydrogens (primary N) is 1. The summed E-state index contributed by atoms with van der Waals surface area (Å²) in [5, 5.41) is 3.83. The van der Waals surface area contributed by atoms with Crippen LogP contribution in [0.25, 0.3) is 11.3 Å². The Balaban J connectivity index is 0.000000956. The Bertz CT molecular complexity index is 593. The molecule has 4 nitrogen and oxygen atoms in total. The van der Waals surface area contributed by atoms with Crippen LogP contribution in [0.4, 0.5) is 19.0 Å². The van der Waals surface area contributed by atoms with Crippen molar-refractivity contribution in [3.8, 4) is 11.3 Å². The van der Waals surface area contributed by atoms with Gasteiger partial charge in [0.15, 0.2) is 0 Å². The first-order chi connectivity index (χ1) is 9.29. The number of pyridine rings is 1. The van der Waals surface area contributed by atoms with E-state index in [1.807, 2.05) is 13.8 Å². The molecule has 0 saturated carbocycles. The maximum absolute atomic E-state index is 12.9. The van der Waals surface area contributed by atoms with Crippen LogP contribution >= 0.6 is 15.9 Å². The lowest BCUT2D eigenvalue weighted by molar-refractivity contribution is -0.137. The van der Waals surface area contributed by atoms with Crippen LogP contribution in [0, 0.1) is 0 Å². The normalized spacial score (nSPS) is 10.9. The molecule has 110 valence electrons. The molecule has 0 aliphatic carbocycles. The van der Waals surface area contributed by atoms with Gasteiger partial charge in [-0.25, -0.2) is 4.98 Å².